The summed E-state index contributed by atoms with van der Waals surface area (Å²) in [6.07, 6.45) is 8.82. The van der Waals surface area contributed by atoms with Crippen LogP contribution in [0.2, 0.25) is 0 Å². The first-order valence-corrected chi connectivity index (χ1v) is 17.1. The molecule has 0 saturated carbocycles. The van der Waals surface area contributed by atoms with Crippen LogP contribution in [-0.2, 0) is 0 Å². The molecule has 2 unspecified atom stereocenters. The van der Waals surface area contributed by atoms with Crippen molar-refractivity contribution in [3.05, 3.63) is 175 Å². The standard InChI is InChI=1S/C46H33N3O/c1-30-15-11-12-22-37(30)39-24-14-26-41-40-25-13-23-38(42(40)50-43(39)41)35-27-34(31-16-5-2-6-17-31)28-36(29-35)46-48-44(32-18-7-3-8-19-32)47-45(49-46)33-20-9-4-10-21-33/h2-30,37H,1H3. The molecule has 8 aromatic rings. The van der Waals surface area contributed by atoms with Gasteiger partial charge >= 0.3 is 0 Å². The highest BCUT2D eigenvalue weighted by Crippen LogP contribution is 2.42. The van der Waals surface area contributed by atoms with Gasteiger partial charge in [-0.05, 0) is 40.8 Å². The summed E-state index contributed by atoms with van der Waals surface area (Å²) in [4.78, 5) is 15.1. The molecule has 0 fully saturated rings. The van der Waals surface area contributed by atoms with Crippen molar-refractivity contribution in [1.82, 2.24) is 15.0 Å². The fourth-order valence-electron chi connectivity index (χ4n) is 7.08. The van der Waals surface area contributed by atoms with Crippen molar-refractivity contribution in [3.8, 4) is 56.4 Å². The van der Waals surface area contributed by atoms with Crippen molar-refractivity contribution >= 4 is 21.9 Å². The Morgan fingerprint density at radius 1 is 0.440 bits per heavy atom. The second-order valence-corrected chi connectivity index (χ2v) is 12.9. The minimum absolute atomic E-state index is 0.252. The number of hydrogen-bond donors (Lipinski definition) is 0. The molecule has 0 amide bonds. The molecule has 0 N–H and O–H groups in total. The maximum atomic E-state index is 6.92. The zero-order valence-electron chi connectivity index (χ0n) is 27.6. The molecule has 9 rings (SSSR count). The Morgan fingerprint density at radius 3 is 1.60 bits per heavy atom. The number of allylic oxidation sites excluding steroid dienone is 4. The third kappa shape index (κ3) is 5.41. The van der Waals surface area contributed by atoms with Gasteiger partial charge in [-0.2, -0.15) is 0 Å². The van der Waals surface area contributed by atoms with Crippen LogP contribution in [0.3, 0.4) is 0 Å². The highest BCUT2D eigenvalue weighted by molar-refractivity contribution is 6.10. The third-order valence-corrected chi connectivity index (χ3v) is 9.63. The number of hydrogen-bond acceptors (Lipinski definition) is 4. The first-order chi connectivity index (χ1) is 24.7. The Bertz CT molecular complexity index is 2490. The fourth-order valence-corrected chi connectivity index (χ4v) is 7.08. The monoisotopic (exact) mass is 643 g/mol. The van der Waals surface area contributed by atoms with Crippen LogP contribution in [-0.4, -0.2) is 15.0 Å². The van der Waals surface area contributed by atoms with Crippen LogP contribution in [0.15, 0.2) is 174 Å². The second kappa shape index (κ2) is 12.6. The first kappa shape index (κ1) is 29.7. The summed E-state index contributed by atoms with van der Waals surface area (Å²) in [5, 5.41) is 2.23. The van der Waals surface area contributed by atoms with Crippen molar-refractivity contribution in [2.75, 3.05) is 0 Å². The molecule has 50 heavy (non-hydrogen) atoms. The Morgan fingerprint density at radius 2 is 0.960 bits per heavy atom. The van der Waals surface area contributed by atoms with Crippen molar-refractivity contribution in [3.63, 3.8) is 0 Å². The van der Waals surface area contributed by atoms with E-state index in [4.69, 9.17) is 19.4 Å². The van der Waals surface area contributed by atoms with E-state index in [1.807, 2.05) is 66.7 Å². The average Bonchev–Trinajstić information content (AvgIpc) is 3.58. The molecule has 4 nitrogen and oxygen atoms in total. The summed E-state index contributed by atoms with van der Waals surface area (Å²) in [6.45, 7) is 2.27. The smallest absolute Gasteiger partial charge is 0.164 e. The number of nitrogens with zero attached hydrogens (tertiary/aromatic N) is 3. The lowest BCUT2D eigenvalue weighted by molar-refractivity contribution is 0.612. The maximum Gasteiger partial charge on any atom is 0.164 e. The predicted molar refractivity (Wildman–Crippen MR) is 204 cm³/mol. The predicted octanol–water partition coefficient (Wildman–Crippen LogP) is 12.0. The topological polar surface area (TPSA) is 51.8 Å². The third-order valence-electron chi connectivity index (χ3n) is 9.63. The quantitative estimate of drug-likeness (QED) is 0.181. The molecule has 0 aliphatic heterocycles. The number of fused-ring (bicyclic) bond motifs is 3. The Labute approximate surface area is 291 Å². The van der Waals surface area contributed by atoms with E-state index in [0.717, 1.165) is 60.9 Å². The minimum atomic E-state index is 0.252. The van der Waals surface area contributed by atoms with Gasteiger partial charge in [0.05, 0.1) is 0 Å². The molecule has 6 aromatic carbocycles. The summed E-state index contributed by atoms with van der Waals surface area (Å²) in [5.74, 6) is 2.51. The number of rotatable bonds is 6. The molecule has 0 spiro atoms. The van der Waals surface area contributed by atoms with Crippen molar-refractivity contribution in [2.24, 2.45) is 5.92 Å². The largest absolute Gasteiger partial charge is 0.455 e. The first-order valence-electron chi connectivity index (χ1n) is 17.1. The van der Waals surface area contributed by atoms with E-state index in [1.54, 1.807) is 0 Å². The normalized spacial score (nSPS) is 15.5. The van der Waals surface area contributed by atoms with E-state index in [-0.39, 0.29) is 5.92 Å². The van der Waals surface area contributed by atoms with E-state index in [1.165, 1.54) is 5.56 Å². The summed E-state index contributed by atoms with van der Waals surface area (Å²) in [7, 11) is 0. The van der Waals surface area contributed by atoms with Gasteiger partial charge in [-0.15, -0.1) is 0 Å². The summed E-state index contributed by atoms with van der Waals surface area (Å²) in [6, 6.07) is 50.3. The minimum Gasteiger partial charge on any atom is -0.455 e. The summed E-state index contributed by atoms with van der Waals surface area (Å²) >= 11 is 0. The van der Waals surface area contributed by atoms with Gasteiger partial charge in [0, 0.05) is 44.5 Å². The van der Waals surface area contributed by atoms with Gasteiger partial charge in [0.1, 0.15) is 11.2 Å². The highest BCUT2D eigenvalue weighted by atomic mass is 16.3. The van der Waals surface area contributed by atoms with Crippen LogP contribution in [0.25, 0.3) is 78.4 Å². The average molecular weight is 644 g/mol. The molecule has 0 saturated heterocycles. The molecular formula is C46H33N3O. The van der Waals surface area contributed by atoms with E-state index >= 15 is 0 Å². The van der Waals surface area contributed by atoms with Gasteiger partial charge < -0.3 is 4.42 Å². The van der Waals surface area contributed by atoms with E-state index in [2.05, 4.69) is 110 Å². The highest BCUT2D eigenvalue weighted by Gasteiger charge is 2.23. The molecule has 2 atom stereocenters. The summed E-state index contributed by atoms with van der Waals surface area (Å²) < 4.78 is 6.92. The molecule has 1 aliphatic carbocycles. The van der Waals surface area contributed by atoms with Crippen LogP contribution in [0, 0.1) is 5.92 Å². The number of para-hydroxylation sites is 2. The van der Waals surface area contributed by atoms with E-state index in [0.29, 0.717) is 23.4 Å². The van der Waals surface area contributed by atoms with E-state index in [9.17, 15) is 0 Å². The molecule has 0 radical (unpaired) electrons. The van der Waals surface area contributed by atoms with Gasteiger partial charge in [-0.3, -0.25) is 0 Å². The van der Waals surface area contributed by atoms with Crippen LogP contribution in [0.5, 0.6) is 0 Å². The number of benzene rings is 6. The lowest BCUT2D eigenvalue weighted by atomic mass is 9.83. The SMILES string of the molecule is CC1C=CC=CC1c1cccc2c1oc1c(-c3cc(-c4ccccc4)cc(-c4nc(-c5ccccc5)nc(-c5ccccc5)n4)c3)cccc12. The van der Waals surface area contributed by atoms with Crippen molar-refractivity contribution in [2.45, 2.75) is 12.8 Å². The Kier molecular flexibility index (Phi) is 7.47. The molecule has 0 bridgehead atoms. The lowest BCUT2D eigenvalue weighted by Gasteiger charge is -2.20. The van der Waals surface area contributed by atoms with Crippen molar-refractivity contribution < 1.29 is 4.42 Å². The molecule has 238 valence electrons. The molecule has 2 heterocycles. The van der Waals surface area contributed by atoms with Crippen LogP contribution >= 0.6 is 0 Å². The summed E-state index contributed by atoms with van der Waals surface area (Å²) in [5.41, 5.74) is 10.1. The van der Waals surface area contributed by atoms with Crippen molar-refractivity contribution in [1.29, 1.82) is 0 Å². The number of furan rings is 1. The maximum absolute atomic E-state index is 6.92. The van der Waals surface area contributed by atoms with Gasteiger partial charge in [-0.1, -0.05) is 159 Å². The lowest BCUT2D eigenvalue weighted by Crippen LogP contribution is -2.07. The van der Waals surface area contributed by atoms with Gasteiger partial charge in [0.15, 0.2) is 17.5 Å². The van der Waals surface area contributed by atoms with Gasteiger partial charge in [0.2, 0.25) is 0 Å². The molecular weight excluding hydrogens is 611 g/mol. The Balaban J connectivity index is 1.27. The van der Waals surface area contributed by atoms with Gasteiger partial charge in [0.25, 0.3) is 0 Å². The second-order valence-electron chi connectivity index (χ2n) is 12.9. The van der Waals surface area contributed by atoms with Crippen LogP contribution in [0.1, 0.15) is 18.4 Å². The van der Waals surface area contributed by atoms with Crippen LogP contribution in [0.4, 0.5) is 0 Å². The zero-order chi connectivity index (χ0) is 33.4. The number of aromatic nitrogens is 3. The molecule has 1 aliphatic rings. The fraction of sp³-hybridized carbons (Fsp3) is 0.0652. The van der Waals surface area contributed by atoms with Crippen LogP contribution < -0.4 is 0 Å². The Hall–Kier alpha value is -6.39. The zero-order valence-corrected chi connectivity index (χ0v) is 27.6. The molecule has 2 aromatic heterocycles. The molecule has 4 heteroatoms. The van der Waals surface area contributed by atoms with E-state index < -0.39 is 0 Å². The van der Waals surface area contributed by atoms with Gasteiger partial charge in [-0.25, -0.2) is 15.0 Å².